The van der Waals surface area contributed by atoms with Gasteiger partial charge < -0.3 is 10.6 Å². The molecule has 2 fully saturated rings. The molecule has 1 heterocycles. The average Bonchev–Trinajstić information content (AvgIpc) is 2.97. The molecular weight excluding hydrogens is 264 g/mol. The molecule has 110 valence electrons. The van der Waals surface area contributed by atoms with Gasteiger partial charge in [0.05, 0.1) is 0 Å². The molecule has 1 aromatic rings. The van der Waals surface area contributed by atoms with Crippen LogP contribution in [0.4, 0.5) is 5.69 Å². The first kappa shape index (κ1) is 14.3. The van der Waals surface area contributed by atoms with Crippen molar-refractivity contribution >= 4 is 17.4 Å². The number of anilines is 1. The van der Waals surface area contributed by atoms with Gasteiger partial charge in [0, 0.05) is 22.7 Å². The topological polar surface area (TPSA) is 24.1 Å². The van der Waals surface area contributed by atoms with Crippen molar-refractivity contribution in [3.05, 3.63) is 24.3 Å². The van der Waals surface area contributed by atoms with Crippen molar-refractivity contribution in [3.63, 3.8) is 0 Å². The van der Waals surface area contributed by atoms with E-state index in [4.69, 9.17) is 0 Å². The lowest BCUT2D eigenvalue weighted by Gasteiger charge is -2.33. The van der Waals surface area contributed by atoms with Gasteiger partial charge in [0.2, 0.25) is 0 Å². The fourth-order valence-corrected chi connectivity index (χ4v) is 4.42. The highest BCUT2D eigenvalue weighted by Gasteiger charge is 2.34. The highest BCUT2D eigenvalue weighted by atomic mass is 32.2. The van der Waals surface area contributed by atoms with Crippen LogP contribution in [-0.4, -0.2) is 24.9 Å². The van der Waals surface area contributed by atoms with Crippen LogP contribution in [0.15, 0.2) is 29.2 Å². The van der Waals surface area contributed by atoms with E-state index in [9.17, 15) is 0 Å². The van der Waals surface area contributed by atoms with Gasteiger partial charge in [-0.2, -0.15) is 0 Å². The summed E-state index contributed by atoms with van der Waals surface area (Å²) in [5.74, 6) is 0.810. The van der Waals surface area contributed by atoms with Crippen LogP contribution in [0.25, 0.3) is 0 Å². The van der Waals surface area contributed by atoms with Crippen LogP contribution < -0.4 is 10.6 Å². The van der Waals surface area contributed by atoms with Gasteiger partial charge in [-0.3, -0.25) is 0 Å². The SMILES string of the molecule is CSc1ccccc1NC1CCCC1C1CCCCN1. The highest BCUT2D eigenvalue weighted by Crippen LogP contribution is 2.35. The minimum atomic E-state index is 0.652. The second-order valence-electron chi connectivity index (χ2n) is 6.10. The monoisotopic (exact) mass is 290 g/mol. The van der Waals surface area contributed by atoms with Gasteiger partial charge in [0.1, 0.15) is 0 Å². The molecule has 1 aliphatic heterocycles. The Morgan fingerprint density at radius 1 is 1.10 bits per heavy atom. The first-order chi connectivity index (χ1) is 9.88. The van der Waals surface area contributed by atoms with Crippen LogP contribution in [0.2, 0.25) is 0 Å². The maximum Gasteiger partial charge on any atom is 0.0480 e. The summed E-state index contributed by atoms with van der Waals surface area (Å²) in [5, 5.41) is 7.61. The van der Waals surface area contributed by atoms with Gasteiger partial charge in [0.25, 0.3) is 0 Å². The number of benzene rings is 1. The Kier molecular flexibility index (Phi) is 4.90. The summed E-state index contributed by atoms with van der Waals surface area (Å²) in [6, 6.07) is 10.1. The predicted molar refractivity (Wildman–Crippen MR) is 88.6 cm³/mol. The van der Waals surface area contributed by atoms with Crippen LogP contribution in [0.5, 0.6) is 0 Å². The minimum absolute atomic E-state index is 0.652. The van der Waals surface area contributed by atoms with Crippen molar-refractivity contribution in [1.29, 1.82) is 0 Å². The van der Waals surface area contributed by atoms with E-state index in [1.54, 1.807) is 0 Å². The van der Waals surface area contributed by atoms with E-state index < -0.39 is 0 Å². The standard InChI is InChI=1S/C17H26N2S/c1-20-17-11-3-2-9-16(17)19-15-10-6-7-13(15)14-8-4-5-12-18-14/h2-3,9,11,13-15,18-19H,4-8,10,12H2,1H3. The van der Waals surface area contributed by atoms with E-state index in [1.165, 1.54) is 55.7 Å². The van der Waals surface area contributed by atoms with Crippen molar-refractivity contribution in [2.75, 3.05) is 18.1 Å². The molecule has 0 amide bonds. The summed E-state index contributed by atoms with van der Waals surface area (Å²) in [6.45, 7) is 1.22. The average molecular weight is 290 g/mol. The summed E-state index contributed by atoms with van der Waals surface area (Å²) in [4.78, 5) is 1.37. The second-order valence-corrected chi connectivity index (χ2v) is 6.95. The molecule has 2 aliphatic rings. The van der Waals surface area contributed by atoms with Gasteiger partial charge in [-0.15, -0.1) is 11.8 Å². The second kappa shape index (κ2) is 6.86. The molecule has 3 unspecified atom stereocenters. The van der Waals surface area contributed by atoms with E-state index >= 15 is 0 Å². The quantitative estimate of drug-likeness (QED) is 0.815. The van der Waals surface area contributed by atoms with Crippen LogP contribution in [0.1, 0.15) is 38.5 Å². The molecule has 0 radical (unpaired) electrons. The molecule has 2 nitrogen and oxygen atoms in total. The van der Waals surface area contributed by atoms with E-state index in [0.717, 1.165) is 12.0 Å². The smallest absolute Gasteiger partial charge is 0.0480 e. The zero-order valence-corrected chi connectivity index (χ0v) is 13.2. The summed E-state index contributed by atoms with van der Waals surface area (Å²) in [6.07, 6.45) is 10.4. The van der Waals surface area contributed by atoms with Gasteiger partial charge in [-0.25, -0.2) is 0 Å². The number of piperidine rings is 1. The third-order valence-electron chi connectivity index (χ3n) is 4.88. The fraction of sp³-hybridized carbons (Fsp3) is 0.647. The molecule has 3 rings (SSSR count). The Morgan fingerprint density at radius 3 is 2.80 bits per heavy atom. The molecule has 3 atom stereocenters. The van der Waals surface area contributed by atoms with Crippen molar-refractivity contribution in [3.8, 4) is 0 Å². The number of thioether (sulfide) groups is 1. The van der Waals surface area contributed by atoms with Gasteiger partial charge in [-0.05, 0) is 56.5 Å². The lowest BCUT2D eigenvalue weighted by atomic mass is 9.88. The van der Waals surface area contributed by atoms with Crippen LogP contribution in [0.3, 0.4) is 0 Å². The highest BCUT2D eigenvalue weighted by molar-refractivity contribution is 7.98. The molecule has 1 aliphatic carbocycles. The number of hydrogen-bond donors (Lipinski definition) is 2. The Hall–Kier alpha value is -0.670. The van der Waals surface area contributed by atoms with Gasteiger partial charge in [-0.1, -0.05) is 25.0 Å². The molecule has 3 heteroatoms. The maximum atomic E-state index is 3.85. The first-order valence-electron chi connectivity index (χ1n) is 8.01. The lowest BCUT2D eigenvalue weighted by Crippen LogP contribution is -2.44. The Morgan fingerprint density at radius 2 is 2.00 bits per heavy atom. The summed E-state index contributed by atoms with van der Waals surface area (Å²) in [5.41, 5.74) is 1.33. The number of rotatable bonds is 4. The van der Waals surface area contributed by atoms with Gasteiger partial charge >= 0.3 is 0 Å². The minimum Gasteiger partial charge on any atom is -0.381 e. The molecule has 20 heavy (non-hydrogen) atoms. The molecule has 0 aromatic heterocycles. The van der Waals surface area contributed by atoms with Crippen LogP contribution in [-0.2, 0) is 0 Å². The van der Waals surface area contributed by atoms with Crippen LogP contribution >= 0.6 is 11.8 Å². The van der Waals surface area contributed by atoms with Crippen molar-refractivity contribution in [2.45, 2.75) is 55.5 Å². The van der Waals surface area contributed by atoms with Crippen molar-refractivity contribution in [2.24, 2.45) is 5.92 Å². The normalized spacial score (nSPS) is 30.4. The molecule has 1 saturated carbocycles. The van der Waals surface area contributed by atoms with E-state index in [1.807, 2.05) is 11.8 Å². The molecule has 1 aromatic carbocycles. The molecule has 0 bridgehead atoms. The van der Waals surface area contributed by atoms with Crippen molar-refractivity contribution < 1.29 is 0 Å². The third-order valence-corrected chi connectivity index (χ3v) is 5.68. The van der Waals surface area contributed by atoms with E-state index in [0.29, 0.717) is 6.04 Å². The first-order valence-corrected chi connectivity index (χ1v) is 9.24. The van der Waals surface area contributed by atoms with E-state index in [2.05, 4.69) is 41.2 Å². The zero-order chi connectivity index (χ0) is 13.8. The fourth-order valence-electron chi connectivity index (χ4n) is 3.86. The maximum absolute atomic E-state index is 3.85. The summed E-state index contributed by atoms with van der Waals surface area (Å²) >= 11 is 1.84. The molecule has 2 N–H and O–H groups in total. The van der Waals surface area contributed by atoms with Gasteiger partial charge in [0.15, 0.2) is 0 Å². The largest absolute Gasteiger partial charge is 0.381 e. The number of nitrogens with one attached hydrogen (secondary N) is 2. The lowest BCUT2D eigenvalue weighted by molar-refractivity contribution is 0.286. The number of hydrogen-bond acceptors (Lipinski definition) is 3. The zero-order valence-electron chi connectivity index (χ0n) is 12.4. The third kappa shape index (κ3) is 3.15. The molecule has 0 spiro atoms. The Labute approximate surface area is 127 Å². The Balaban J connectivity index is 1.69. The summed E-state index contributed by atoms with van der Waals surface area (Å²) < 4.78 is 0. The predicted octanol–water partition coefficient (Wildman–Crippen LogP) is 4.13. The molecular formula is C17H26N2S. The molecule has 1 saturated heterocycles. The number of para-hydroxylation sites is 1. The van der Waals surface area contributed by atoms with Crippen molar-refractivity contribution in [1.82, 2.24) is 5.32 Å². The van der Waals surface area contributed by atoms with Crippen LogP contribution in [0, 0.1) is 5.92 Å². The van der Waals surface area contributed by atoms with E-state index in [-0.39, 0.29) is 0 Å². The summed E-state index contributed by atoms with van der Waals surface area (Å²) in [7, 11) is 0. The Bertz CT molecular complexity index is 429.